The van der Waals surface area contributed by atoms with Crippen LogP contribution in [0.5, 0.6) is 0 Å². The van der Waals surface area contributed by atoms with Crippen LogP contribution < -0.4 is 4.72 Å². The fraction of sp³-hybridized carbons (Fsp3) is 0.185. The Hall–Kier alpha value is -3.70. The molecule has 5 nitrogen and oxygen atoms in total. The van der Waals surface area contributed by atoms with E-state index in [-0.39, 0.29) is 27.5 Å². The zero-order valence-electron chi connectivity index (χ0n) is 20.4. The highest BCUT2D eigenvalue weighted by Crippen LogP contribution is 2.34. The second-order valence-electron chi connectivity index (χ2n) is 9.55. The van der Waals surface area contributed by atoms with Gasteiger partial charge in [-0.15, -0.1) is 0 Å². The first-order valence-corrected chi connectivity index (χ1v) is 12.8. The summed E-state index contributed by atoms with van der Waals surface area (Å²) in [6.07, 6.45) is -4.83. The highest BCUT2D eigenvalue weighted by atomic mass is 32.2. The molecule has 0 radical (unpaired) electrons. The topological polar surface area (TPSA) is 72.0 Å². The van der Waals surface area contributed by atoms with Crippen LogP contribution in [-0.2, 0) is 16.2 Å². The van der Waals surface area contributed by atoms with Gasteiger partial charge in [0.15, 0.2) is 17.5 Å². The molecule has 4 rings (SSSR count). The van der Waals surface area contributed by atoms with Gasteiger partial charge in [0.1, 0.15) is 5.69 Å². The molecular formula is C27H22F5N3O2S. The monoisotopic (exact) mass is 547 g/mol. The van der Waals surface area contributed by atoms with E-state index in [0.29, 0.717) is 17.2 Å². The minimum absolute atomic E-state index is 0.0197. The first kappa shape index (κ1) is 27.3. The zero-order valence-corrected chi connectivity index (χ0v) is 21.3. The maximum absolute atomic E-state index is 13.8. The molecule has 0 saturated carbocycles. The molecule has 0 unspecified atom stereocenters. The number of benzene rings is 3. The third-order valence-corrected chi connectivity index (χ3v) is 7.03. The van der Waals surface area contributed by atoms with E-state index in [1.807, 2.05) is 0 Å². The number of nitrogens with zero attached hydrogens (tertiary/aromatic N) is 2. The number of rotatable bonds is 5. The number of hydrogen-bond donors (Lipinski definition) is 1. The van der Waals surface area contributed by atoms with E-state index in [2.05, 4.69) is 14.7 Å². The lowest BCUT2D eigenvalue weighted by Gasteiger charge is -2.20. The number of sulfonamides is 1. The highest BCUT2D eigenvalue weighted by molar-refractivity contribution is 7.89. The van der Waals surface area contributed by atoms with Crippen LogP contribution in [0.4, 0.5) is 22.0 Å². The Bertz CT molecular complexity index is 1610. The maximum Gasteiger partial charge on any atom is 0.433 e. The van der Waals surface area contributed by atoms with Crippen molar-refractivity contribution in [3.8, 4) is 33.8 Å². The zero-order chi connectivity index (χ0) is 27.9. The SMILES string of the molecule is CC(C)(C)NS(=O)(=O)c1cccc(-c2cccc(-c3nc(-c4ccc(F)c(F)c4)cc(C(F)(F)F)n3)c2)c1. The lowest BCUT2D eigenvalue weighted by Crippen LogP contribution is -2.40. The molecular weight excluding hydrogens is 525 g/mol. The summed E-state index contributed by atoms with van der Waals surface area (Å²) < 4.78 is 96.3. The second kappa shape index (κ2) is 9.88. The number of alkyl halides is 3. The first-order valence-electron chi connectivity index (χ1n) is 11.3. The normalized spacial score (nSPS) is 12.5. The van der Waals surface area contributed by atoms with Crippen molar-refractivity contribution in [2.75, 3.05) is 0 Å². The lowest BCUT2D eigenvalue weighted by molar-refractivity contribution is -0.141. The van der Waals surface area contributed by atoms with Gasteiger partial charge in [-0.3, -0.25) is 0 Å². The molecule has 0 spiro atoms. The van der Waals surface area contributed by atoms with E-state index in [0.717, 1.165) is 18.2 Å². The molecule has 0 amide bonds. The summed E-state index contributed by atoms with van der Waals surface area (Å²) >= 11 is 0. The van der Waals surface area contributed by atoms with Crippen molar-refractivity contribution in [2.45, 2.75) is 37.4 Å². The fourth-order valence-electron chi connectivity index (χ4n) is 3.67. The first-order chi connectivity index (χ1) is 17.6. The Morgan fingerprint density at radius 2 is 1.34 bits per heavy atom. The van der Waals surface area contributed by atoms with Gasteiger partial charge in [-0.1, -0.05) is 30.3 Å². The Morgan fingerprint density at radius 3 is 1.97 bits per heavy atom. The number of hydrogen-bond acceptors (Lipinski definition) is 4. The molecule has 11 heteroatoms. The second-order valence-corrected chi connectivity index (χ2v) is 11.2. The van der Waals surface area contributed by atoms with E-state index in [9.17, 15) is 30.4 Å². The number of nitrogens with one attached hydrogen (secondary N) is 1. The molecule has 38 heavy (non-hydrogen) atoms. The third-order valence-electron chi connectivity index (χ3n) is 5.27. The molecule has 0 aliphatic heterocycles. The van der Waals surface area contributed by atoms with E-state index in [1.165, 1.54) is 24.3 Å². The molecule has 0 aliphatic rings. The Balaban J connectivity index is 1.80. The van der Waals surface area contributed by atoms with Gasteiger partial charge in [0.05, 0.1) is 10.6 Å². The van der Waals surface area contributed by atoms with Crippen molar-refractivity contribution in [3.05, 3.63) is 90.1 Å². The lowest BCUT2D eigenvalue weighted by atomic mass is 10.0. The van der Waals surface area contributed by atoms with Gasteiger partial charge in [0.2, 0.25) is 10.0 Å². The smallest absolute Gasteiger partial charge is 0.228 e. The van der Waals surface area contributed by atoms with Crippen molar-refractivity contribution in [1.29, 1.82) is 0 Å². The summed E-state index contributed by atoms with van der Waals surface area (Å²) in [5.41, 5.74) is -1.05. The molecule has 0 saturated heterocycles. The molecule has 0 aliphatic carbocycles. The van der Waals surface area contributed by atoms with Gasteiger partial charge >= 0.3 is 6.18 Å². The predicted octanol–water partition coefficient (Wildman–Crippen LogP) is 6.85. The van der Waals surface area contributed by atoms with Crippen molar-refractivity contribution in [1.82, 2.24) is 14.7 Å². The highest BCUT2D eigenvalue weighted by Gasteiger charge is 2.34. The number of aromatic nitrogens is 2. The molecule has 0 atom stereocenters. The van der Waals surface area contributed by atoms with Gasteiger partial charge < -0.3 is 0 Å². The van der Waals surface area contributed by atoms with Crippen molar-refractivity contribution in [3.63, 3.8) is 0 Å². The number of halogens is 5. The molecule has 0 fully saturated rings. The summed E-state index contributed by atoms with van der Waals surface area (Å²) in [6, 6.07) is 15.7. The Morgan fingerprint density at radius 1 is 0.711 bits per heavy atom. The molecule has 3 aromatic carbocycles. The summed E-state index contributed by atoms with van der Waals surface area (Å²) in [4.78, 5) is 7.87. The van der Waals surface area contributed by atoms with Crippen LogP contribution in [0.2, 0.25) is 0 Å². The van der Waals surface area contributed by atoms with Gasteiger partial charge in [-0.25, -0.2) is 31.9 Å². The average Bonchev–Trinajstić information content (AvgIpc) is 2.84. The van der Waals surface area contributed by atoms with Gasteiger partial charge in [-0.2, -0.15) is 13.2 Å². The molecule has 1 heterocycles. The van der Waals surface area contributed by atoms with Crippen LogP contribution >= 0.6 is 0 Å². The van der Waals surface area contributed by atoms with Gasteiger partial charge in [0, 0.05) is 16.7 Å². The van der Waals surface area contributed by atoms with E-state index in [1.54, 1.807) is 45.0 Å². The summed E-state index contributed by atoms with van der Waals surface area (Å²) in [5, 5.41) is 0. The Labute approximate surface area is 216 Å². The van der Waals surface area contributed by atoms with E-state index >= 15 is 0 Å². The minimum atomic E-state index is -4.83. The average molecular weight is 548 g/mol. The van der Waals surface area contributed by atoms with Crippen LogP contribution in [0.3, 0.4) is 0 Å². The summed E-state index contributed by atoms with van der Waals surface area (Å²) in [5.74, 6) is -2.66. The van der Waals surface area contributed by atoms with Crippen molar-refractivity contribution >= 4 is 10.0 Å². The molecule has 198 valence electrons. The minimum Gasteiger partial charge on any atom is -0.228 e. The van der Waals surface area contributed by atoms with Crippen LogP contribution in [-0.4, -0.2) is 23.9 Å². The van der Waals surface area contributed by atoms with E-state index in [4.69, 9.17) is 0 Å². The van der Waals surface area contributed by atoms with Gasteiger partial charge in [-0.05, 0) is 74.4 Å². The summed E-state index contributed by atoms with van der Waals surface area (Å²) in [6.45, 7) is 5.13. The van der Waals surface area contributed by atoms with Crippen LogP contribution in [0.15, 0.2) is 77.7 Å². The maximum atomic E-state index is 13.8. The van der Waals surface area contributed by atoms with Crippen LogP contribution in [0.25, 0.3) is 33.8 Å². The molecule has 1 aromatic heterocycles. The van der Waals surface area contributed by atoms with Crippen molar-refractivity contribution in [2.24, 2.45) is 0 Å². The quantitative estimate of drug-likeness (QED) is 0.278. The summed E-state index contributed by atoms with van der Waals surface area (Å²) in [7, 11) is -3.83. The third kappa shape index (κ3) is 6.22. The molecule has 4 aromatic rings. The molecule has 1 N–H and O–H groups in total. The van der Waals surface area contributed by atoms with E-state index < -0.39 is 39.1 Å². The van der Waals surface area contributed by atoms with Gasteiger partial charge in [0.25, 0.3) is 0 Å². The largest absolute Gasteiger partial charge is 0.433 e. The fourth-order valence-corrected chi connectivity index (χ4v) is 5.13. The standard InChI is InChI=1S/C27H22F5N3O2S/c1-26(2,3)35-38(36,37)20-9-5-7-17(13-20)16-6-4-8-19(12-16)25-33-23(15-24(34-25)27(30,31)32)18-10-11-21(28)22(29)14-18/h4-15,35H,1-3H3. The molecule has 0 bridgehead atoms. The Kier molecular flexibility index (Phi) is 7.11. The van der Waals surface area contributed by atoms with Crippen molar-refractivity contribution < 1.29 is 30.4 Å². The predicted molar refractivity (Wildman–Crippen MR) is 133 cm³/mol. The van der Waals surface area contributed by atoms with Crippen LogP contribution in [0.1, 0.15) is 26.5 Å². The van der Waals surface area contributed by atoms with Crippen LogP contribution in [0, 0.1) is 11.6 Å².